The molecule has 0 saturated carbocycles. The molecule has 7 heteroatoms. The molecule has 2 saturated heterocycles. The van der Waals surface area contributed by atoms with Crippen LogP contribution in [0.15, 0.2) is 30.3 Å². The average Bonchev–Trinajstić information content (AvgIpc) is 3.22. The number of amides is 2. The number of hydrogen-bond acceptors (Lipinski definition) is 4. The van der Waals surface area contributed by atoms with E-state index in [-0.39, 0.29) is 23.4 Å². The molecule has 2 aliphatic heterocycles. The lowest BCUT2D eigenvalue weighted by Crippen LogP contribution is -2.68. The Balaban J connectivity index is 1.59. The highest BCUT2D eigenvalue weighted by Gasteiger charge is 2.49. The number of likely N-dealkylation sites (tertiary alicyclic amines) is 2. The summed E-state index contributed by atoms with van der Waals surface area (Å²) in [5.41, 5.74) is 1.78. The van der Waals surface area contributed by atoms with Crippen LogP contribution >= 0.6 is 0 Å². The first kappa shape index (κ1) is 19.5. The van der Waals surface area contributed by atoms with E-state index < -0.39 is 0 Å². The molecule has 1 aromatic carbocycles. The second-order valence-electron chi connectivity index (χ2n) is 8.19. The van der Waals surface area contributed by atoms with E-state index in [1.807, 2.05) is 34.1 Å². The van der Waals surface area contributed by atoms with Crippen LogP contribution in [-0.4, -0.2) is 63.6 Å². The minimum absolute atomic E-state index is 0.0324. The Bertz CT molecular complexity index is 924. The summed E-state index contributed by atoms with van der Waals surface area (Å²) in [6, 6.07) is 9.45. The number of rotatable bonds is 3. The van der Waals surface area contributed by atoms with Gasteiger partial charge in [-0.2, -0.15) is 5.10 Å². The minimum atomic E-state index is -0.298. The number of nitrogens with one attached hydrogen (secondary N) is 1. The molecule has 154 valence electrons. The van der Waals surface area contributed by atoms with E-state index in [2.05, 4.69) is 17.1 Å². The predicted molar refractivity (Wildman–Crippen MR) is 110 cm³/mol. The largest absolute Gasteiger partial charge is 0.497 e. The van der Waals surface area contributed by atoms with Crippen LogP contribution in [-0.2, 0) is 4.79 Å². The monoisotopic (exact) mass is 396 g/mol. The van der Waals surface area contributed by atoms with E-state index in [1.54, 1.807) is 20.1 Å². The fourth-order valence-corrected chi connectivity index (χ4v) is 5.02. The fourth-order valence-electron chi connectivity index (χ4n) is 5.02. The van der Waals surface area contributed by atoms with Crippen molar-refractivity contribution >= 4 is 11.8 Å². The summed E-state index contributed by atoms with van der Waals surface area (Å²) >= 11 is 0. The van der Waals surface area contributed by atoms with Gasteiger partial charge in [-0.1, -0.05) is 12.1 Å². The van der Waals surface area contributed by atoms with Crippen LogP contribution in [0.2, 0.25) is 0 Å². The molecule has 1 aromatic heterocycles. The molecular weight excluding hydrogens is 368 g/mol. The molecule has 3 heterocycles. The molecule has 2 atom stereocenters. The Morgan fingerprint density at radius 3 is 2.83 bits per heavy atom. The van der Waals surface area contributed by atoms with Gasteiger partial charge in [0, 0.05) is 25.6 Å². The number of carbonyl (C=O) groups excluding carboxylic acids is 2. The van der Waals surface area contributed by atoms with E-state index in [4.69, 9.17) is 4.74 Å². The van der Waals surface area contributed by atoms with Crippen molar-refractivity contribution in [3.63, 3.8) is 0 Å². The zero-order valence-electron chi connectivity index (χ0n) is 17.3. The molecule has 7 nitrogen and oxygen atoms in total. The molecule has 0 aliphatic carbocycles. The number of aromatic nitrogens is 2. The highest BCUT2D eigenvalue weighted by Crippen LogP contribution is 2.39. The quantitative estimate of drug-likeness (QED) is 0.865. The van der Waals surface area contributed by atoms with Crippen molar-refractivity contribution < 1.29 is 14.3 Å². The molecule has 0 radical (unpaired) electrons. The Morgan fingerprint density at radius 1 is 1.24 bits per heavy atom. The number of methoxy groups -OCH3 is 1. The molecule has 1 N–H and O–H groups in total. The second kappa shape index (κ2) is 7.54. The maximum absolute atomic E-state index is 13.4. The zero-order chi connectivity index (χ0) is 20.6. The van der Waals surface area contributed by atoms with Crippen molar-refractivity contribution in [2.45, 2.75) is 51.1 Å². The number of piperidine rings is 2. The lowest BCUT2D eigenvalue weighted by Gasteiger charge is -2.56. The minimum Gasteiger partial charge on any atom is -0.497 e. The number of ether oxygens (including phenoxy) is 1. The lowest BCUT2D eigenvalue weighted by molar-refractivity contribution is -0.143. The van der Waals surface area contributed by atoms with Crippen LogP contribution in [0.3, 0.4) is 0 Å². The summed E-state index contributed by atoms with van der Waals surface area (Å²) in [6.45, 7) is 5.24. The van der Waals surface area contributed by atoms with Gasteiger partial charge >= 0.3 is 0 Å². The molecule has 4 rings (SSSR count). The number of aromatic amines is 1. The highest BCUT2D eigenvalue weighted by molar-refractivity contribution is 5.94. The van der Waals surface area contributed by atoms with Crippen molar-refractivity contribution in [3.8, 4) is 17.0 Å². The molecule has 0 bridgehead atoms. The van der Waals surface area contributed by atoms with Crippen molar-refractivity contribution in [3.05, 3.63) is 36.0 Å². The third-order valence-corrected chi connectivity index (χ3v) is 6.47. The SMILES string of the molecule is COc1cccc(-c2cc(C(=O)N3CCC[C@@]4(C)[C@H]3CCCN4C(C)=O)[nH]n2)c1. The van der Waals surface area contributed by atoms with Crippen LogP contribution < -0.4 is 4.74 Å². The Kier molecular flexibility index (Phi) is 5.06. The van der Waals surface area contributed by atoms with Gasteiger partial charge < -0.3 is 14.5 Å². The summed E-state index contributed by atoms with van der Waals surface area (Å²) in [5.74, 6) is 0.790. The summed E-state index contributed by atoms with van der Waals surface area (Å²) in [7, 11) is 1.63. The third kappa shape index (κ3) is 3.39. The van der Waals surface area contributed by atoms with Crippen molar-refractivity contribution in [2.24, 2.45) is 0 Å². The zero-order valence-corrected chi connectivity index (χ0v) is 17.3. The summed E-state index contributed by atoms with van der Waals surface area (Å²) in [6.07, 6.45) is 3.66. The number of nitrogens with zero attached hydrogens (tertiary/aromatic N) is 3. The number of benzene rings is 1. The highest BCUT2D eigenvalue weighted by atomic mass is 16.5. The molecule has 0 spiro atoms. The molecule has 29 heavy (non-hydrogen) atoms. The van der Waals surface area contributed by atoms with E-state index >= 15 is 0 Å². The number of fused-ring (bicyclic) bond motifs is 1. The second-order valence-corrected chi connectivity index (χ2v) is 8.19. The summed E-state index contributed by atoms with van der Waals surface area (Å²) in [4.78, 5) is 29.5. The summed E-state index contributed by atoms with van der Waals surface area (Å²) in [5, 5.41) is 7.27. The van der Waals surface area contributed by atoms with Gasteiger partial charge in [-0.3, -0.25) is 14.7 Å². The lowest BCUT2D eigenvalue weighted by atomic mass is 9.76. The van der Waals surface area contributed by atoms with Gasteiger partial charge in [-0.25, -0.2) is 0 Å². The first-order valence-corrected chi connectivity index (χ1v) is 10.2. The molecule has 2 aliphatic rings. The van der Waals surface area contributed by atoms with Crippen molar-refractivity contribution in [1.29, 1.82) is 0 Å². The Hall–Kier alpha value is -2.83. The molecular formula is C22H28N4O3. The van der Waals surface area contributed by atoms with Gasteiger partial charge in [0.15, 0.2) is 0 Å². The topological polar surface area (TPSA) is 78.5 Å². The average molecular weight is 396 g/mol. The summed E-state index contributed by atoms with van der Waals surface area (Å²) < 4.78 is 5.28. The molecule has 0 unspecified atom stereocenters. The van der Waals surface area contributed by atoms with Crippen LogP contribution in [0.25, 0.3) is 11.3 Å². The van der Waals surface area contributed by atoms with Gasteiger partial charge in [0.25, 0.3) is 5.91 Å². The predicted octanol–water partition coefficient (Wildman–Crippen LogP) is 3.09. The van der Waals surface area contributed by atoms with Crippen LogP contribution in [0.4, 0.5) is 0 Å². The molecule has 2 aromatic rings. The van der Waals surface area contributed by atoms with Gasteiger partial charge in [0.2, 0.25) is 5.91 Å². The van der Waals surface area contributed by atoms with Gasteiger partial charge in [-0.15, -0.1) is 0 Å². The maximum Gasteiger partial charge on any atom is 0.272 e. The Morgan fingerprint density at radius 2 is 2.07 bits per heavy atom. The molecule has 2 fully saturated rings. The number of H-pyrrole nitrogens is 1. The first-order valence-electron chi connectivity index (χ1n) is 10.2. The van der Waals surface area contributed by atoms with Gasteiger partial charge in [-0.05, 0) is 50.8 Å². The smallest absolute Gasteiger partial charge is 0.272 e. The maximum atomic E-state index is 13.4. The van der Waals surface area contributed by atoms with E-state index in [0.29, 0.717) is 17.9 Å². The normalized spacial score (nSPS) is 24.2. The van der Waals surface area contributed by atoms with Crippen LogP contribution in [0.1, 0.15) is 50.0 Å². The number of carbonyl (C=O) groups is 2. The van der Waals surface area contributed by atoms with Crippen molar-refractivity contribution in [2.75, 3.05) is 20.2 Å². The van der Waals surface area contributed by atoms with E-state index in [0.717, 1.165) is 43.5 Å². The standard InChI is InChI=1S/C22H28N4O3/c1-15(27)26-12-5-9-20-22(26,2)10-6-11-25(20)21(28)19-14-18(23-24-19)16-7-4-8-17(13-16)29-3/h4,7-8,13-14,20H,5-6,9-12H2,1-3H3,(H,23,24)/t20-,22+/m1/s1. The van der Waals surface area contributed by atoms with Crippen LogP contribution in [0.5, 0.6) is 5.75 Å². The number of hydrogen-bond donors (Lipinski definition) is 1. The van der Waals surface area contributed by atoms with Crippen LogP contribution in [0, 0.1) is 0 Å². The van der Waals surface area contributed by atoms with Gasteiger partial charge in [0.05, 0.1) is 24.4 Å². The third-order valence-electron chi connectivity index (χ3n) is 6.47. The first-order chi connectivity index (χ1) is 13.9. The van der Waals surface area contributed by atoms with E-state index in [1.165, 1.54) is 0 Å². The Labute approximate surface area is 171 Å². The fraction of sp³-hybridized carbons (Fsp3) is 0.500. The van der Waals surface area contributed by atoms with E-state index in [9.17, 15) is 9.59 Å². The van der Waals surface area contributed by atoms with Gasteiger partial charge in [0.1, 0.15) is 11.4 Å². The molecule has 2 amide bonds. The van der Waals surface area contributed by atoms with Crippen molar-refractivity contribution in [1.82, 2.24) is 20.0 Å².